The lowest BCUT2D eigenvalue weighted by Gasteiger charge is -2.34. The van der Waals surface area contributed by atoms with Crippen LogP contribution in [0.3, 0.4) is 0 Å². The minimum Gasteiger partial charge on any atom is -0.497 e. The van der Waals surface area contributed by atoms with Crippen molar-refractivity contribution in [1.82, 2.24) is 9.80 Å². The highest BCUT2D eigenvalue weighted by Gasteiger charge is 2.19. The molecule has 0 radical (unpaired) electrons. The third-order valence-corrected chi connectivity index (χ3v) is 4.84. The van der Waals surface area contributed by atoms with E-state index in [9.17, 15) is 9.18 Å². The van der Waals surface area contributed by atoms with Gasteiger partial charge in [-0.2, -0.15) is 0 Å². The summed E-state index contributed by atoms with van der Waals surface area (Å²) in [6, 6.07) is 12.3. The Hall–Kier alpha value is -2.15. The lowest BCUT2D eigenvalue weighted by atomic mass is 10.2. The Balaban J connectivity index is 1.44. The summed E-state index contributed by atoms with van der Waals surface area (Å²) < 4.78 is 18.9. The molecule has 1 heterocycles. The zero-order valence-corrected chi connectivity index (χ0v) is 16.0. The maximum absolute atomic E-state index is 13.8. The zero-order valence-electron chi connectivity index (χ0n) is 15.3. The Morgan fingerprint density at radius 3 is 2.41 bits per heavy atom. The zero-order chi connectivity index (χ0) is 19.2. The first-order valence-corrected chi connectivity index (χ1v) is 9.24. The van der Waals surface area contributed by atoms with Gasteiger partial charge in [-0.15, -0.1) is 0 Å². The smallest absolute Gasteiger partial charge is 0.238 e. The number of hydrogen-bond acceptors (Lipinski definition) is 4. The Morgan fingerprint density at radius 1 is 1.11 bits per heavy atom. The number of nitrogens with zero attached hydrogens (tertiary/aromatic N) is 2. The molecule has 1 saturated heterocycles. The van der Waals surface area contributed by atoms with E-state index in [1.807, 2.05) is 12.1 Å². The van der Waals surface area contributed by atoms with Gasteiger partial charge in [0.2, 0.25) is 5.91 Å². The fourth-order valence-electron chi connectivity index (χ4n) is 3.08. The van der Waals surface area contributed by atoms with E-state index in [0.29, 0.717) is 5.02 Å². The number of carbonyl (C=O) groups excluding carboxylic acids is 1. The topological polar surface area (TPSA) is 44.8 Å². The third-order valence-electron chi connectivity index (χ3n) is 4.60. The first-order chi connectivity index (χ1) is 13.0. The van der Waals surface area contributed by atoms with Gasteiger partial charge < -0.3 is 10.1 Å². The van der Waals surface area contributed by atoms with Crippen LogP contribution in [0.15, 0.2) is 42.5 Å². The van der Waals surface area contributed by atoms with E-state index in [-0.39, 0.29) is 18.1 Å². The van der Waals surface area contributed by atoms with Gasteiger partial charge in [0.05, 0.1) is 19.3 Å². The molecule has 27 heavy (non-hydrogen) atoms. The van der Waals surface area contributed by atoms with Gasteiger partial charge in [-0.05, 0) is 35.9 Å². The summed E-state index contributed by atoms with van der Waals surface area (Å²) in [6.07, 6.45) is 0. The first-order valence-electron chi connectivity index (χ1n) is 8.86. The summed E-state index contributed by atoms with van der Waals surface area (Å²) in [5, 5.41) is 2.91. The van der Waals surface area contributed by atoms with Crippen LogP contribution in [0.1, 0.15) is 5.56 Å². The average molecular weight is 392 g/mol. The minimum atomic E-state index is -0.528. The van der Waals surface area contributed by atoms with Crippen LogP contribution in [0.2, 0.25) is 5.02 Å². The number of benzene rings is 2. The minimum absolute atomic E-state index is 0.155. The van der Waals surface area contributed by atoms with Crippen molar-refractivity contribution in [1.29, 1.82) is 0 Å². The molecule has 0 bridgehead atoms. The summed E-state index contributed by atoms with van der Waals surface area (Å²) in [6.45, 7) is 4.49. The highest BCUT2D eigenvalue weighted by molar-refractivity contribution is 6.30. The van der Waals surface area contributed by atoms with Crippen LogP contribution < -0.4 is 10.1 Å². The summed E-state index contributed by atoms with van der Waals surface area (Å²) in [7, 11) is 1.66. The largest absolute Gasteiger partial charge is 0.497 e. The molecule has 0 saturated carbocycles. The number of methoxy groups -OCH3 is 1. The second-order valence-corrected chi connectivity index (χ2v) is 7.01. The van der Waals surface area contributed by atoms with Crippen molar-refractivity contribution in [3.05, 3.63) is 58.9 Å². The van der Waals surface area contributed by atoms with Crippen molar-refractivity contribution >= 4 is 23.2 Å². The molecule has 1 aliphatic heterocycles. The van der Waals surface area contributed by atoms with Gasteiger partial charge in [-0.25, -0.2) is 4.39 Å². The number of carbonyl (C=O) groups is 1. The number of rotatable bonds is 6. The van der Waals surface area contributed by atoms with Crippen LogP contribution >= 0.6 is 11.6 Å². The molecular formula is C20H23ClFN3O2. The Kier molecular flexibility index (Phi) is 6.66. The lowest BCUT2D eigenvalue weighted by molar-refractivity contribution is -0.117. The first kappa shape index (κ1) is 19.6. The van der Waals surface area contributed by atoms with E-state index in [0.717, 1.165) is 38.5 Å². The predicted molar refractivity (Wildman–Crippen MR) is 105 cm³/mol. The summed E-state index contributed by atoms with van der Waals surface area (Å²) in [5.74, 6) is 0.103. The number of nitrogens with one attached hydrogen (secondary N) is 1. The van der Waals surface area contributed by atoms with Crippen molar-refractivity contribution in [2.24, 2.45) is 0 Å². The molecule has 2 aromatic rings. The van der Waals surface area contributed by atoms with Crippen molar-refractivity contribution in [3.63, 3.8) is 0 Å². The van der Waals surface area contributed by atoms with Crippen LogP contribution in [0, 0.1) is 5.82 Å². The van der Waals surface area contributed by atoms with E-state index in [1.54, 1.807) is 13.2 Å². The van der Waals surface area contributed by atoms with E-state index < -0.39 is 5.82 Å². The van der Waals surface area contributed by atoms with Crippen LogP contribution in [0.5, 0.6) is 5.75 Å². The molecule has 2 aromatic carbocycles. The van der Waals surface area contributed by atoms with E-state index in [1.165, 1.54) is 17.7 Å². The van der Waals surface area contributed by atoms with Gasteiger partial charge in [-0.3, -0.25) is 14.6 Å². The number of piperazine rings is 1. The van der Waals surface area contributed by atoms with Crippen LogP contribution in [0.25, 0.3) is 0 Å². The van der Waals surface area contributed by atoms with Gasteiger partial charge in [0, 0.05) is 37.7 Å². The van der Waals surface area contributed by atoms with Gasteiger partial charge >= 0.3 is 0 Å². The molecule has 0 aliphatic carbocycles. The molecule has 1 aliphatic rings. The van der Waals surface area contributed by atoms with E-state index in [2.05, 4.69) is 27.2 Å². The van der Waals surface area contributed by atoms with Crippen molar-refractivity contribution in [3.8, 4) is 5.75 Å². The Labute approximate surface area is 163 Å². The second-order valence-electron chi connectivity index (χ2n) is 6.57. The maximum Gasteiger partial charge on any atom is 0.238 e. The van der Waals surface area contributed by atoms with E-state index in [4.69, 9.17) is 16.3 Å². The molecule has 0 unspecified atom stereocenters. The van der Waals surface area contributed by atoms with Crippen molar-refractivity contribution in [2.45, 2.75) is 6.54 Å². The van der Waals surface area contributed by atoms with Crippen molar-refractivity contribution in [2.75, 3.05) is 45.2 Å². The monoisotopic (exact) mass is 391 g/mol. The van der Waals surface area contributed by atoms with Gasteiger partial charge in [0.1, 0.15) is 11.6 Å². The number of ether oxygens (including phenoxy) is 1. The normalized spacial score (nSPS) is 15.5. The SMILES string of the molecule is COc1ccc(CN2CCN(CC(=O)Nc3ccc(Cl)cc3F)CC2)cc1. The van der Waals surface area contributed by atoms with Crippen LogP contribution in [-0.4, -0.2) is 55.5 Å². The van der Waals surface area contributed by atoms with E-state index >= 15 is 0 Å². The second kappa shape index (κ2) is 9.17. The van der Waals surface area contributed by atoms with Crippen LogP contribution in [0.4, 0.5) is 10.1 Å². The average Bonchev–Trinajstić information content (AvgIpc) is 2.66. The molecule has 144 valence electrons. The quantitative estimate of drug-likeness (QED) is 0.821. The highest BCUT2D eigenvalue weighted by Crippen LogP contribution is 2.19. The molecule has 5 nitrogen and oxygen atoms in total. The maximum atomic E-state index is 13.8. The molecular weight excluding hydrogens is 369 g/mol. The molecule has 0 spiro atoms. The molecule has 3 rings (SSSR count). The lowest BCUT2D eigenvalue weighted by Crippen LogP contribution is -2.48. The van der Waals surface area contributed by atoms with Gasteiger partial charge in [0.15, 0.2) is 0 Å². The molecule has 0 aromatic heterocycles. The Morgan fingerprint density at radius 2 is 1.78 bits per heavy atom. The molecule has 1 fully saturated rings. The summed E-state index contributed by atoms with van der Waals surface area (Å²) >= 11 is 5.72. The number of hydrogen-bond donors (Lipinski definition) is 1. The van der Waals surface area contributed by atoms with Crippen LogP contribution in [-0.2, 0) is 11.3 Å². The molecule has 0 atom stereocenters. The third kappa shape index (κ3) is 5.66. The predicted octanol–water partition coefficient (Wildman–Crippen LogP) is 3.24. The molecule has 1 amide bonds. The summed E-state index contributed by atoms with van der Waals surface area (Å²) in [5.41, 5.74) is 1.39. The summed E-state index contributed by atoms with van der Waals surface area (Å²) in [4.78, 5) is 16.6. The van der Waals surface area contributed by atoms with Gasteiger partial charge in [-0.1, -0.05) is 23.7 Å². The number of halogens is 2. The Bertz CT molecular complexity index is 777. The number of anilines is 1. The standard InChI is InChI=1S/C20H23ClFN3O2/c1-27-17-5-2-15(3-6-17)13-24-8-10-25(11-9-24)14-20(26)23-19-7-4-16(21)12-18(19)22/h2-7,12H,8-11,13-14H2,1H3,(H,23,26). The fraction of sp³-hybridized carbons (Fsp3) is 0.350. The molecule has 1 N–H and O–H groups in total. The molecule has 7 heteroatoms. The fourth-order valence-corrected chi connectivity index (χ4v) is 3.24. The number of amides is 1. The van der Waals surface area contributed by atoms with Gasteiger partial charge in [0.25, 0.3) is 0 Å². The van der Waals surface area contributed by atoms with Crippen molar-refractivity contribution < 1.29 is 13.9 Å². The highest BCUT2D eigenvalue weighted by atomic mass is 35.5.